The van der Waals surface area contributed by atoms with E-state index < -0.39 is 0 Å². The average molecular weight is 267 g/mol. The Morgan fingerprint density at radius 3 is 2.33 bits per heavy atom. The largest absolute Gasteiger partial charge is 0.391 e. The molecule has 1 atom stereocenters. The molecular formula is C16H29NS. The maximum Gasteiger partial charge on any atom is 0.0325 e. The minimum absolute atomic E-state index is 0.742. The molecular weight excluding hydrogens is 238 g/mol. The van der Waals surface area contributed by atoms with Gasteiger partial charge >= 0.3 is 0 Å². The van der Waals surface area contributed by atoms with Crippen molar-refractivity contribution in [3.63, 3.8) is 0 Å². The highest BCUT2D eigenvalue weighted by Gasteiger charge is 2.10. The van der Waals surface area contributed by atoms with Crippen LogP contribution in [0.25, 0.3) is 0 Å². The molecule has 0 aromatic rings. The molecule has 0 fully saturated rings. The van der Waals surface area contributed by atoms with E-state index in [9.17, 15) is 0 Å². The number of hydrogen-bond acceptors (Lipinski definition) is 2. The number of thioether (sulfide) groups is 1. The van der Waals surface area contributed by atoms with Crippen LogP contribution in [0.3, 0.4) is 0 Å². The summed E-state index contributed by atoms with van der Waals surface area (Å²) in [6.07, 6.45) is 12.8. The third-order valence-corrected chi connectivity index (χ3v) is 3.84. The first-order valence-corrected chi connectivity index (χ1v) is 8.18. The van der Waals surface area contributed by atoms with Crippen molar-refractivity contribution in [2.24, 2.45) is 5.92 Å². The second-order valence-corrected chi connectivity index (χ2v) is 5.35. The molecule has 0 aromatic heterocycles. The van der Waals surface area contributed by atoms with E-state index in [1.54, 1.807) is 0 Å². The SMILES string of the molecule is CCC.CCC1C=CC(/C(SC)=C(\C)NC)=CC1. The van der Waals surface area contributed by atoms with E-state index in [-0.39, 0.29) is 0 Å². The van der Waals surface area contributed by atoms with Crippen LogP contribution in [0.4, 0.5) is 0 Å². The van der Waals surface area contributed by atoms with Gasteiger partial charge in [0, 0.05) is 17.6 Å². The molecule has 104 valence electrons. The van der Waals surface area contributed by atoms with Crippen molar-refractivity contribution in [3.05, 3.63) is 34.4 Å². The zero-order valence-corrected chi connectivity index (χ0v) is 13.7. The highest BCUT2D eigenvalue weighted by atomic mass is 32.2. The Hall–Kier alpha value is -0.630. The molecule has 0 aliphatic heterocycles. The molecule has 0 aromatic carbocycles. The van der Waals surface area contributed by atoms with E-state index in [2.05, 4.69) is 57.5 Å². The monoisotopic (exact) mass is 267 g/mol. The number of nitrogens with one attached hydrogen (secondary N) is 1. The van der Waals surface area contributed by atoms with Crippen LogP contribution in [0.5, 0.6) is 0 Å². The molecule has 0 bridgehead atoms. The summed E-state index contributed by atoms with van der Waals surface area (Å²) in [5, 5.41) is 3.22. The van der Waals surface area contributed by atoms with Crippen LogP contribution in [-0.2, 0) is 0 Å². The Kier molecular flexibility index (Phi) is 9.95. The fourth-order valence-electron chi connectivity index (χ4n) is 1.74. The summed E-state index contributed by atoms with van der Waals surface area (Å²) >= 11 is 1.82. The van der Waals surface area contributed by atoms with Gasteiger partial charge in [0.1, 0.15) is 0 Å². The van der Waals surface area contributed by atoms with Crippen molar-refractivity contribution in [2.45, 2.75) is 47.0 Å². The minimum atomic E-state index is 0.742. The second-order valence-electron chi connectivity index (χ2n) is 4.54. The fraction of sp³-hybridized carbons (Fsp3) is 0.625. The van der Waals surface area contributed by atoms with Gasteiger partial charge in [-0.1, -0.05) is 45.4 Å². The zero-order valence-electron chi connectivity index (χ0n) is 12.8. The first kappa shape index (κ1) is 17.4. The van der Waals surface area contributed by atoms with Crippen molar-refractivity contribution < 1.29 is 0 Å². The summed E-state index contributed by atoms with van der Waals surface area (Å²) in [7, 11) is 1.98. The molecule has 1 aliphatic carbocycles. The van der Waals surface area contributed by atoms with Gasteiger partial charge in [0.25, 0.3) is 0 Å². The number of hydrogen-bond donors (Lipinski definition) is 1. The van der Waals surface area contributed by atoms with E-state index in [1.165, 1.54) is 35.4 Å². The molecule has 1 rings (SSSR count). The van der Waals surface area contributed by atoms with E-state index in [1.807, 2.05) is 18.8 Å². The summed E-state index contributed by atoms with van der Waals surface area (Å²) in [5.41, 5.74) is 2.63. The molecule has 0 radical (unpaired) electrons. The Bertz CT molecular complexity index is 313. The molecule has 0 amide bonds. The second kappa shape index (κ2) is 10.3. The summed E-state index contributed by atoms with van der Waals surface area (Å²) in [5.74, 6) is 0.742. The summed E-state index contributed by atoms with van der Waals surface area (Å²) in [4.78, 5) is 1.36. The average Bonchev–Trinajstić information content (AvgIpc) is 2.41. The van der Waals surface area contributed by atoms with Crippen molar-refractivity contribution in [1.29, 1.82) is 0 Å². The molecule has 1 N–H and O–H groups in total. The van der Waals surface area contributed by atoms with E-state index >= 15 is 0 Å². The normalized spacial score (nSPS) is 19.4. The van der Waals surface area contributed by atoms with Crippen LogP contribution in [0.15, 0.2) is 34.4 Å². The summed E-state index contributed by atoms with van der Waals surface area (Å²) in [6, 6.07) is 0. The fourth-order valence-corrected chi connectivity index (χ4v) is 2.53. The van der Waals surface area contributed by atoms with Crippen molar-refractivity contribution in [2.75, 3.05) is 13.3 Å². The van der Waals surface area contributed by atoms with Gasteiger partial charge in [-0.25, -0.2) is 0 Å². The Balaban J connectivity index is 0.000000873. The first-order chi connectivity index (χ1) is 8.64. The van der Waals surface area contributed by atoms with Crippen LogP contribution in [-0.4, -0.2) is 13.3 Å². The lowest BCUT2D eigenvalue weighted by molar-refractivity contribution is 0.630. The molecule has 0 saturated heterocycles. The lowest BCUT2D eigenvalue weighted by Gasteiger charge is -2.17. The Labute approximate surface area is 118 Å². The molecule has 18 heavy (non-hydrogen) atoms. The molecule has 1 aliphatic rings. The van der Waals surface area contributed by atoms with Crippen LogP contribution in [0, 0.1) is 5.92 Å². The van der Waals surface area contributed by atoms with Gasteiger partial charge in [-0.2, -0.15) is 0 Å². The maximum absolute atomic E-state index is 3.22. The highest BCUT2D eigenvalue weighted by Crippen LogP contribution is 2.30. The standard InChI is InChI=1S/C13H21NS.C3H8/c1-5-11-6-8-12(9-7-11)13(15-4)10(2)14-3;1-3-2/h6,8-9,11,14H,5,7H2,1-4H3;3H2,1-2H3/b13-10-;. The third-order valence-electron chi connectivity index (χ3n) is 2.89. The first-order valence-electron chi connectivity index (χ1n) is 6.95. The minimum Gasteiger partial charge on any atom is -0.391 e. The van der Waals surface area contributed by atoms with Gasteiger partial charge in [0.2, 0.25) is 0 Å². The predicted octanol–water partition coefficient (Wildman–Crippen LogP) is 5.13. The van der Waals surface area contributed by atoms with Gasteiger partial charge in [-0.05, 0) is 37.5 Å². The smallest absolute Gasteiger partial charge is 0.0325 e. The van der Waals surface area contributed by atoms with Crippen LogP contribution < -0.4 is 5.32 Å². The molecule has 0 heterocycles. The Morgan fingerprint density at radius 1 is 1.39 bits per heavy atom. The van der Waals surface area contributed by atoms with Crippen molar-refractivity contribution >= 4 is 11.8 Å². The van der Waals surface area contributed by atoms with Gasteiger partial charge < -0.3 is 5.32 Å². The number of rotatable bonds is 4. The van der Waals surface area contributed by atoms with Crippen molar-refractivity contribution in [1.82, 2.24) is 5.32 Å². The van der Waals surface area contributed by atoms with E-state index in [0.717, 1.165) is 5.92 Å². The maximum atomic E-state index is 3.22. The van der Waals surface area contributed by atoms with Gasteiger partial charge in [0.05, 0.1) is 0 Å². The van der Waals surface area contributed by atoms with Crippen LogP contribution in [0.1, 0.15) is 47.0 Å². The van der Waals surface area contributed by atoms with Gasteiger partial charge in [-0.15, -0.1) is 11.8 Å². The summed E-state index contributed by atoms with van der Waals surface area (Å²) in [6.45, 7) is 8.63. The topological polar surface area (TPSA) is 12.0 Å². The van der Waals surface area contributed by atoms with Gasteiger partial charge in [-0.3, -0.25) is 0 Å². The quantitative estimate of drug-likeness (QED) is 0.758. The summed E-state index contributed by atoms with van der Waals surface area (Å²) < 4.78 is 0. The van der Waals surface area contributed by atoms with E-state index in [4.69, 9.17) is 0 Å². The van der Waals surface area contributed by atoms with E-state index in [0.29, 0.717) is 0 Å². The van der Waals surface area contributed by atoms with Crippen LogP contribution >= 0.6 is 11.8 Å². The highest BCUT2D eigenvalue weighted by molar-refractivity contribution is 8.02. The zero-order chi connectivity index (χ0) is 14.0. The molecule has 0 saturated carbocycles. The number of allylic oxidation sites excluding steroid dienone is 5. The lowest BCUT2D eigenvalue weighted by Crippen LogP contribution is -2.07. The Morgan fingerprint density at radius 2 is 2.00 bits per heavy atom. The third kappa shape index (κ3) is 5.81. The molecule has 1 nitrogen and oxygen atoms in total. The van der Waals surface area contributed by atoms with Crippen molar-refractivity contribution in [3.8, 4) is 0 Å². The predicted molar refractivity (Wildman–Crippen MR) is 86.9 cm³/mol. The van der Waals surface area contributed by atoms with Crippen LogP contribution in [0.2, 0.25) is 0 Å². The van der Waals surface area contributed by atoms with Gasteiger partial charge in [0.15, 0.2) is 0 Å². The molecule has 1 unspecified atom stereocenters. The lowest BCUT2D eigenvalue weighted by atomic mass is 9.94. The molecule has 2 heteroatoms. The molecule has 0 spiro atoms.